The van der Waals surface area contributed by atoms with Gasteiger partial charge in [0, 0.05) is 19.3 Å². The van der Waals surface area contributed by atoms with Crippen molar-refractivity contribution in [1.29, 1.82) is 0 Å². The number of anilines is 1. The molecule has 3 aromatic rings. The zero-order valence-electron chi connectivity index (χ0n) is 13.6. The lowest BCUT2D eigenvalue weighted by molar-refractivity contribution is 0.393. The SMILES string of the molecule is CCS(=O)(=O)NC[C@@H]1CN(c2ccc3nncn3n2)Cc2ccnn21. The summed E-state index contributed by atoms with van der Waals surface area (Å²) in [4.78, 5) is 2.10. The van der Waals surface area contributed by atoms with Crippen LogP contribution >= 0.6 is 0 Å². The maximum atomic E-state index is 11.8. The van der Waals surface area contributed by atoms with E-state index in [0.717, 1.165) is 11.5 Å². The quantitative estimate of drug-likeness (QED) is 0.670. The molecule has 132 valence electrons. The molecule has 0 saturated carbocycles. The molecule has 0 unspecified atom stereocenters. The van der Waals surface area contributed by atoms with E-state index < -0.39 is 10.0 Å². The van der Waals surface area contributed by atoms with Gasteiger partial charge < -0.3 is 4.90 Å². The number of fused-ring (bicyclic) bond motifs is 2. The number of sulfonamides is 1. The van der Waals surface area contributed by atoms with Crippen LogP contribution in [0.5, 0.6) is 0 Å². The van der Waals surface area contributed by atoms with Gasteiger partial charge in [0.15, 0.2) is 5.65 Å². The minimum Gasteiger partial charge on any atom is -0.347 e. The van der Waals surface area contributed by atoms with Crippen LogP contribution in [0.3, 0.4) is 0 Å². The van der Waals surface area contributed by atoms with Gasteiger partial charge in [-0.1, -0.05) is 0 Å². The Balaban J connectivity index is 1.61. The molecule has 0 amide bonds. The highest BCUT2D eigenvalue weighted by Gasteiger charge is 2.27. The fraction of sp³-hybridized carbons (Fsp3) is 0.429. The summed E-state index contributed by atoms with van der Waals surface area (Å²) in [6, 6.07) is 5.57. The predicted molar refractivity (Wildman–Crippen MR) is 90.6 cm³/mol. The maximum Gasteiger partial charge on any atom is 0.211 e. The smallest absolute Gasteiger partial charge is 0.211 e. The van der Waals surface area contributed by atoms with Crippen molar-refractivity contribution in [3.05, 3.63) is 36.4 Å². The van der Waals surface area contributed by atoms with Gasteiger partial charge in [0.05, 0.1) is 24.0 Å². The fourth-order valence-corrected chi connectivity index (χ4v) is 3.58. The highest BCUT2D eigenvalue weighted by Crippen LogP contribution is 2.24. The third-order valence-electron chi connectivity index (χ3n) is 4.27. The number of nitrogens with zero attached hydrogens (tertiary/aromatic N) is 7. The van der Waals surface area contributed by atoms with Gasteiger partial charge >= 0.3 is 0 Å². The van der Waals surface area contributed by atoms with Crippen molar-refractivity contribution in [2.75, 3.05) is 23.7 Å². The largest absolute Gasteiger partial charge is 0.347 e. The maximum absolute atomic E-state index is 11.8. The lowest BCUT2D eigenvalue weighted by Gasteiger charge is -2.34. The molecule has 25 heavy (non-hydrogen) atoms. The molecule has 0 radical (unpaired) electrons. The Hall–Kier alpha value is -2.53. The van der Waals surface area contributed by atoms with Gasteiger partial charge in [0.1, 0.15) is 12.1 Å². The van der Waals surface area contributed by atoms with Gasteiger partial charge in [-0.2, -0.15) is 9.61 Å². The average Bonchev–Trinajstić information content (AvgIpc) is 3.27. The van der Waals surface area contributed by atoms with Crippen LogP contribution in [0.4, 0.5) is 5.82 Å². The van der Waals surface area contributed by atoms with Gasteiger partial charge in [0.2, 0.25) is 10.0 Å². The second-order valence-corrected chi connectivity index (χ2v) is 7.97. The van der Waals surface area contributed by atoms with E-state index in [9.17, 15) is 8.42 Å². The molecule has 1 atom stereocenters. The molecule has 1 N–H and O–H groups in total. The predicted octanol–water partition coefficient (Wildman–Crippen LogP) is -0.179. The topological polar surface area (TPSA) is 110 Å². The summed E-state index contributed by atoms with van der Waals surface area (Å²) in [5.41, 5.74) is 1.69. The van der Waals surface area contributed by atoms with Crippen molar-refractivity contribution < 1.29 is 8.42 Å². The highest BCUT2D eigenvalue weighted by atomic mass is 32.2. The fourth-order valence-electron chi connectivity index (χ4n) is 2.93. The van der Waals surface area contributed by atoms with Gasteiger partial charge in [-0.05, 0) is 25.1 Å². The molecule has 0 fully saturated rings. The van der Waals surface area contributed by atoms with Crippen molar-refractivity contribution in [3.8, 4) is 0 Å². The number of hydrogen-bond acceptors (Lipinski definition) is 7. The van der Waals surface area contributed by atoms with Crippen molar-refractivity contribution in [1.82, 2.24) is 34.3 Å². The summed E-state index contributed by atoms with van der Waals surface area (Å²) in [5.74, 6) is 0.837. The van der Waals surface area contributed by atoms with E-state index in [1.54, 1.807) is 24.0 Å². The summed E-state index contributed by atoms with van der Waals surface area (Å²) in [7, 11) is -3.25. The molecule has 0 aromatic carbocycles. The molecule has 0 bridgehead atoms. The third kappa shape index (κ3) is 3.07. The second-order valence-electron chi connectivity index (χ2n) is 5.88. The van der Waals surface area contributed by atoms with Crippen molar-refractivity contribution >= 4 is 21.5 Å². The lowest BCUT2D eigenvalue weighted by atomic mass is 10.2. The average molecular weight is 362 g/mol. The molecular formula is C14H18N8O2S. The summed E-state index contributed by atoms with van der Waals surface area (Å²) >= 11 is 0. The van der Waals surface area contributed by atoms with Crippen LogP contribution in [-0.4, -0.2) is 56.9 Å². The molecule has 0 spiro atoms. The molecule has 11 heteroatoms. The summed E-state index contributed by atoms with van der Waals surface area (Å²) in [6.45, 7) is 3.16. The van der Waals surface area contributed by atoms with Crippen molar-refractivity contribution in [2.24, 2.45) is 0 Å². The van der Waals surface area contributed by atoms with Crippen LogP contribution in [0.2, 0.25) is 0 Å². The van der Waals surface area contributed by atoms with Gasteiger partial charge in [-0.25, -0.2) is 13.1 Å². The van der Waals surface area contributed by atoms with E-state index in [-0.39, 0.29) is 18.3 Å². The first-order chi connectivity index (χ1) is 12.1. The van der Waals surface area contributed by atoms with Gasteiger partial charge in [-0.15, -0.1) is 15.3 Å². The number of hydrogen-bond donors (Lipinski definition) is 1. The number of nitrogens with one attached hydrogen (secondary N) is 1. The Morgan fingerprint density at radius 3 is 3.04 bits per heavy atom. The normalized spacial score (nSPS) is 17.8. The molecule has 0 saturated heterocycles. The minimum absolute atomic E-state index is 0.0568. The van der Waals surface area contributed by atoms with Crippen molar-refractivity contribution in [2.45, 2.75) is 19.5 Å². The first kappa shape index (κ1) is 16.0. The molecule has 4 rings (SSSR count). The molecule has 1 aliphatic heterocycles. The molecule has 10 nitrogen and oxygen atoms in total. The van der Waals surface area contributed by atoms with E-state index in [4.69, 9.17) is 0 Å². The van der Waals surface area contributed by atoms with Gasteiger partial charge in [-0.3, -0.25) is 4.68 Å². The second kappa shape index (κ2) is 6.08. The molecule has 4 heterocycles. The molecule has 3 aromatic heterocycles. The molecular weight excluding hydrogens is 344 g/mol. The van der Waals surface area contributed by atoms with E-state index in [1.807, 2.05) is 22.9 Å². The zero-order valence-corrected chi connectivity index (χ0v) is 14.5. The summed E-state index contributed by atoms with van der Waals surface area (Å²) < 4.78 is 29.7. The van der Waals surface area contributed by atoms with Gasteiger partial charge in [0.25, 0.3) is 0 Å². The Labute approximate surface area is 144 Å². The summed E-state index contributed by atoms with van der Waals surface area (Å²) in [5, 5.41) is 16.7. The Morgan fingerprint density at radius 1 is 1.32 bits per heavy atom. The standard InChI is InChI=1S/C14H18N8O2S/c1-2-25(23,24)17-7-12-9-20(8-11-5-6-16-22(11)12)14-4-3-13-18-15-10-21(13)19-14/h3-6,10,12,17H,2,7-9H2,1H3/t12-/m1/s1. The monoisotopic (exact) mass is 362 g/mol. The Morgan fingerprint density at radius 2 is 2.20 bits per heavy atom. The number of rotatable bonds is 5. The van der Waals surface area contributed by atoms with Crippen LogP contribution in [0.1, 0.15) is 18.7 Å². The van der Waals surface area contributed by atoms with Crippen LogP contribution in [-0.2, 0) is 16.6 Å². The third-order valence-corrected chi connectivity index (χ3v) is 5.64. The summed E-state index contributed by atoms with van der Waals surface area (Å²) in [6.07, 6.45) is 3.29. The number of aromatic nitrogens is 6. The highest BCUT2D eigenvalue weighted by molar-refractivity contribution is 7.89. The van der Waals surface area contributed by atoms with Crippen molar-refractivity contribution in [3.63, 3.8) is 0 Å². The molecule has 0 aliphatic carbocycles. The molecule has 1 aliphatic rings. The van der Waals surface area contributed by atoms with E-state index in [2.05, 4.69) is 30.0 Å². The first-order valence-corrected chi connectivity index (χ1v) is 9.63. The lowest BCUT2D eigenvalue weighted by Crippen LogP contribution is -2.43. The van der Waals surface area contributed by atoms with Crippen LogP contribution in [0, 0.1) is 0 Å². The van der Waals surface area contributed by atoms with Crippen LogP contribution < -0.4 is 9.62 Å². The Kier molecular flexibility index (Phi) is 3.88. The van der Waals surface area contributed by atoms with E-state index in [0.29, 0.717) is 18.7 Å². The minimum atomic E-state index is -3.25. The van der Waals surface area contributed by atoms with Crippen LogP contribution in [0.25, 0.3) is 5.65 Å². The van der Waals surface area contributed by atoms with Crippen LogP contribution in [0.15, 0.2) is 30.7 Å². The van der Waals surface area contributed by atoms with E-state index >= 15 is 0 Å². The van der Waals surface area contributed by atoms with E-state index in [1.165, 1.54) is 0 Å². The Bertz CT molecular complexity index is 995. The first-order valence-electron chi connectivity index (χ1n) is 7.97. The zero-order chi connectivity index (χ0) is 17.4.